The fourth-order valence-electron chi connectivity index (χ4n) is 1.22. The van der Waals surface area contributed by atoms with Crippen LogP contribution in [-0.4, -0.2) is 35.3 Å². The monoisotopic (exact) mass is 202 g/mol. The summed E-state index contributed by atoms with van der Waals surface area (Å²) >= 11 is 0. The Balaban J connectivity index is 4.48. The molecule has 0 aliphatic rings. The Morgan fingerprint density at radius 3 is 2.14 bits per heavy atom. The number of nitrogens with one attached hydrogen (secondary N) is 1. The topological polar surface area (TPSA) is 101 Å². The lowest BCUT2D eigenvalue weighted by Crippen LogP contribution is -2.52. The molecule has 14 heavy (non-hydrogen) atoms. The minimum atomic E-state index is -0.465. The van der Waals surface area contributed by atoms with E-state index >= 15 is 0 Å². The highest BCUT2D eigenvalue weighted by Gasteiger charge is 2.24. The number of carbonyl (C=O) groups excluding carboxylic acids is 2. The van der Waals surface area contributed by atoms with Crippen LogP contribution in [0.4, 0.5) is 0 Å². The van der Waals surface area contributed by atoms with Crippen molar-refractivity contribution in [1.82, 2.24) is 10.3 Å². The molecule has 0 spiro atoms. The molecule has 0 radical (unpaired) electrons. The van der Waals surface area contributed by atoms with Crippen LogP contribution in [0.1, 0.15) is 20.8 Å². The van der Waals surface area contributed by atoms with Gasteiger partial charge < -0.3 is 5.73 Å². The lowest BCUT2D eigenvalue weighted by Gasteiger charge is -2.29. The van der Waals surface area contributed by atoms with Crippen LogP contribution in [0.25, 0.3) is 0 Å². The molecule has 0 aromatic heterocycles. The van der Waals surface area contributed by atoms with Crippen molar-refractivity contribution < 1.29 is 9.59 Å². The molecule has 0 saturated carbocycles. The number of amides is 2. The summed E-state index contributed by atoms with van der Waals surface area (Å²) in [6, 6.07) is -0.415. The maximum absolute atomic E-state index is 11.2. The quantitative estimate of drug-likeness (QED) is 0.289. The smallest absolute Gasteiger partial charge is 0.250 e. The molecule has 82 valence electrons. The molecule has 0 aliphatic heterocycles. The first kappa shape index (κ1) is 12.9. The van der Waals surface area contributed by atoms with Gasteiger partial charge in [0.05, 0.1) is 12.6 Å². The van der Waals surface area contributed by atoms with Gasteiger partial charge >= 0.3 is 0 Å². The van der Waals surface area contributed by atoms with E-state index in [-0.39, 0.29) is 18.5 Å². The Bertz CT molecular complexity index is 217. The van der Waals surface area contributed by atoms with E-state index in [4.69, 9.17) is 11.6 Å². The highest BCUT2D eigenvalue weighted by molar-refractivity contribution is 5.82. The number of nitrogens with two attached hydrogens (primary N) is 2. The largest absolute Gasteiger partial charge is 0.369 e. The Morgan fingerprint density at radius 1 is 1.36 bits per heavy atom. The lowest BCUT2D eigenvalue weighted by atomic mass is 10.2. The first-order valence-electron chi connectivity index (χ1n) is 4.44. The van der Waals surface area contributed by atoms with E-state index in [1.54, 1.807) is 11.8 Å². The summed E-state index contributed by atoms with van der Waals surface area (Å²) in [5.74, 6) is 4.20. The summed E-state index contributed by atoms with van der Waals surface area (Å²) in [7, 11) is 0. The Labute approximate surface area is 83.6 Å². The average Bonchev–Trinajstić information content (AvgIpc) is 2.11. The third-order valence-electron chi connectivity index (χ3n) is 2.02. The highest BCUT2D eigenvalue weighted by atomic mass is 16.2. The van der Waals surface area contributed by atoms with Gasteiger partial charge in [-0.3, -0.25) is 19.9 Å². The number of hydrogen-bond acceptors (Lipinski definition) is 4. The summed E-state index contributed by atoms with van der Waals surface area (Å²) in [5.41, 5.74) is 7.11. The van der Waals surface area contributed by atoms with E-state index in [1.807, 2.05) is 19.3 Å². The number of carbonyl (C=O) groups is 2. The zero-order valence-electron chi connectivity index (χ0n) is 8.78. The van der Waals surface area contributed by atoms with Crippen LogP contribution in [0.2, 0.25) is 0 Å². The van der Waals surface area contributed by atoms with Gasteiger partial charge in [-0.1, -0.05) is 0 Å². The summed E-state index contributed by atoms with van der Waals surface area (Å²) in [5, 5.41) is 0. The van der Waals surface area contributed by atoms with Crippen LogP contribution in [0, 0.1) is 0 Å². The molecule has 0 fully saturated rings. The van der Waals surface area contributed by atoms with Gasteiger partial charge in [0.15, 0.2) is 0 Å². The van der Waals surface area contributed by atoms with Crippen molar-refractivity contribution in [1.29, 1.82) is 0 Å². The minimum absolute atomic E-state index is 0.0479. The first-order chi connectivity index (χ1) is 6.40. The fraction of sp³-hybridized carbons (Fsp3) is 0.750. The molecule has 1 atom stereocenters. The Hall–Kier alpha value is -1.14. The molecule has 0 bridgehead atoms. The molecule has 6 nitrogen and oxygen atoms in total. The summed E-state index contributed by atoms with van der Waals surface area (Å²) in [6.45, 7) is 5.48. The molecule has 5 N–H and O–H groups in total. The van der Waals surface area contributed by atoms with E-state index in [9.17, 15) is 9.59 Å². The van der Waals surface area contributed by atoms with Crippen molar-refractivity contribution in [3.05, 3.63) is 0 Å². The molecule has 0 rings (SSSR count). The summed E-state index contributed by atoms with van der Waals surface area (Å²) in [4.78, 5) is 23.6. The number of hydrogen-bond donors (Lipinski definition) is 3. The standard InChI is InChI=1S/C8H18N4O2/c1-5(2)12(4-7(9)13)6(3)8(14)11-10/h5-6H,4,10H2,1-3H3,(H2,9,13)(H,11,14). The van der Waals surface area contributed by atoms with E-state index in [0.29, 0.717) is 0 Å². The van der Waals surface area contributed by atoms with Crippen molar-refractivity contribution in [3.63, 3.8) is 0 Å². The SMILES string of the molecule is CC(C)N(CC(N)=O)C(C)C(=O)NN. The van der Waals surface area contributed by atoms with Crippen LogP contribution in [0.5, 0.6) is 0 Å². The number of primary amides is 1. The molecule has 0 aromatic rings. The summed E-state index contributed by atoms with van der Waals surface area (Å²) < 4.78 is 0. The maximum atomic E-state index is 11.2. The Kier molecular flexibility index (Phi) is 5.11. The third kappa shape index (κ3) is 3.71. The molecular formula is C8H18N4O2. The predicted molar refractivity (Wildman–Crippen MR) is 52.8 cm³/mol. The second kappa shape index (κ2) is 5.56. The lowest BCUT2D eigenvalue weighted by molar-refractivity contribution is -0.128. The summed E-state index contributed by atoms with van der Waals surface area (Å²) in [6.07, 6.45) is 0. The van der Waals surface area contributed by atoms with Crippen molar-refractivity contribution in [2.45, 2.75) is 32.9 Å². The van der Waals surface area contributed by atoms with Crippen LogP contribution >= 0.6 is 0 Å². The molecule has 6 heteroatoms. The van der Waals surface area contributed by atoms with Gasteiger partial charge in [-0.15, -0.1) is 0 Å². The van der Waals surface area contributed by atoms with Crippen LogP contribution < -0.4 is 17.0 Å². The van der Waals surface area contributed by atoms with Gasteiger partial charge in [-0.2, -0.15) is 0 Å². The number of hydrazine groups is 1. The zero-order valence-corrected chi connectivity index (χ0v) is 8.78. The van der Waals surface area contributed by atoms with Crippen molar-refractivity contribution in [2.75, 3.05) is 6.54 Å². The zero-order chi connectivity index (χ0) is 11.3. The predicted octanol–water partition coefficient (Wildman–Crippen LogP) is -1.44. The second-order valence-electron chi connectivity index (χ2n) is 3.42. The van der Waals surface area contributed by atoms with Crippen molar-refractivity contribution >= 4 is 11.8 Å². The van der Waals surface area contributed by atoms with Gasteiger partial charge in [0.1, 0.15) is 0 Å². The van der Waals surface area contributed by atoms with Gasteiger partial charge in [0.2, 0.25) is 5.91 Å². The van der Waals surface area contributed by atoms with Crippen LogP contribution in [0.3, 0.4) is 0 Å². The highest BCUT2D eigenvalue weighted by Crippen LogP contribution is 2.04. The fourth-order valence-corrected chi connectivity index (χ4v) is 1.22. The van der Waals surface area contributed by atoms with Crippen molar-refractivity contribution in [3.8, 4) is 0 Å². The minimum Gasteiger partial charge on any atom is -0.369 e. The number of nitrogens with zero attached hydrogens (tertiary/aromatic N) is 1. The second-order valence-corrected chi connectivity index (χ2v) is 3.42. The molecule has 2 amide bonds. The normalized spacial score (nSPS) is 13.0. The van der Waals surface area contributed by atoms with E-state index < -0.39 is 11.9 Å². The average molecular weight is 202 g/mol. The Morgan fingerprint density at radius 2 is 1.86 bits per heavy atom. The molecule has 0 aliphatic carbocycles. The van der Waals surface area contributed by atoms with Gasteiger partial charge in [0.25, 0.3) is 5.91 Å². The van der Waals surface area contributed by atoms with Gasteiger partial charge in [-0.05, 0) is 20.8 Å². The first-order valence-corrected chi connectivity index (χ1v) is 4.44. The van der Waals surface area contributed by atoms with Crippen LogP contribution in [-0.2, 0) is 9.59 Å². The molecule has 0 aromatic carbocycles. The van der Waals surface area contributed by atoms with Crippen LogP contribution in [0.15, 0.2) is 0 Å². The van der Waals surface area contributed by atoms with Crippen molar-refractivity contribution in [2.24, 2.45) is 11.6 Å². The maximum Gasteiger partial charge on any atom is 0.250 e. The molecular weight excluding hydrogens is 184 g/mol. The third-order valence-corrected chi connectivity index (χ3v) is 2.02. The molecule has 0 saturated heterocycles. The van der Waals surface area contributed by atoms with E-state index in [0.717, 1.165) is 0 Å². The van der Waals surface area contributed by atoms with E-state index in [2.05, 4.69) is 0 Å². The van der Waals surface area contributed by atoms with Gasteiger partial charge in [-0.25, -0.2) is 5.84 Å². The van der Waals surface area contributed by atoms with E-state index in [1.165, 1.54) is 0 Å². The molecule has 1 unspecified atom stereocenters. The van der Waals surface area contributed by atoms with Gasteiger partial charge in [0, 0.05) is 6.04 Å². The number of rotatable bonds is 5. The molecule has 0 heterocycles.